The predicted molar refractivity (Wildman–Crippen MR) is 68.1 cm³/mol. The van der Waals surface area contributed by atoms with Gasteiger partial charge in [-0.05, 0) is 0 Å². The molecule has 0 aliphatic heterocycles. The Bertz CT molecular complexity index is 622. The SMILES string of the molecule is O=C(O)Cn1cnc(NC(=O)CCn2cc(Cl)cn2)n1. The molecule has 2 N–H and O–H groups in total. The molecule has 0 aromatic carbocycles. The fraction of sp³-hybridized carbons (Fsp3) is 0.300. The van der Waals surface area contributed by atoms with Crippen molar-refractivity contribution in [1.82, 2.24) is 24.5 Å². The predicted octanol–water partition coefficient (Wildman–Crippen LogP) is 0.241. The van der Waals surface area contributed by atoms with Crippen molar-refractivity contribution in [2.24, 2.45) is 0 Å². The number of carboxylic acid groups (broad SMARTS) is 1. The van der Waals surface area contributed by atoms with Crippen LogP contribution in [0.2, 0.25) is 5.02 Å². The van der Waals surface area contributed by atoms with Crippen molar-refractivity contribution in [3.05, 3.63) is 23.7 Å². The number of carboxylic acids is 1. The van der Waals surface area contributed by atoms with Crippen molar-refractivity contribution in [3.63, 3.8) is 0 Å². The third kappa shape index (κ3) is 4.05. The highest BCUT2D eigenvalue weighted by atomic mass is 35.5. The summed E-state index contributed by atoms with van der Waals surface area (Å²) < 4.78 is 2.66. The van der Waals surface area contributed by atoms with Gasteiger partial charge in [0, 0.05) is 19.2 Å². The third-order valence-electron chi connectivity index (χ3n) is 2.25. The highest BCUT2D eigenvalue weighted by molar-refractivity contribution is 6.30. The molecule has 1 amide bonds. The van der Waals surface area contributed by atoms with Crippen LogP contribution in [0.3, 0.4) is 0 Å². The van der Waals surface area contributed by atoms with Gasteiger partial charge in [0.1, 0.15) is 12.9 Å². The van der Waals surface area contributed by atoms with Crippen molar-refractivity contribution < 1.29 is 14.7 Å². The number of rotatable bonds is 6. The zero-order chi connectivity index (χ0) is 14.5. The highest BCUT2D eigenvalue weighted by Crippen LogP contribution is 2.05. The minimum absolute atomic E-state index is 0.0646. The lowest BCUT2D eigenvalue weighted by Crippen LogP contribution is -2.16. The standard InChI is InChI=1S/C10H11ClN6O3/c11-7-3-13-16(4-7)2-1-8(18)14-10-12-6-17(15-10)5-9(19)20/h3-4,6H,1-2,5H2,(H,19,20)(H,14,15,18). The summed E-state index contributed by atoms with van der Waals surface area (Å²) in [6.45, 7) is 0.0586. The molecule has 0 atom stereocenters. The van der Waals surface area contributed by atoms with Crippen LogP contribution in [0.1, 0.15) is 6.42 Å². The van der Waals surface area contributed by atoms with Gasteiger partial charge in [-0.25, -0.2) is 9.67 Å². The average molecular weight is 299 g/mol. The smallest absolute Gasteiger partial charge is 0.325 e. The fourth-order valence-corrected chi connectivity index (χ4v) is 1.59. The first-order valence-corrected chi connectivity index (χ1v) is 6.00. The molecule has 0 unspecified atom stereocenters. The number of hydrogen-bond acceptors (Lipinski definition) is 5. The van der Waals surface area contributed by atoms with Gasteiger partial charge < -0.3 is 5.11 Å². The molecule has 2 aromatic rings. The monoisotopic (exact) mass is 298 g/mol. The van der Waals surface area contributed by atoms with E-state index in [1.807, 2.05) is 0 Å². The summed E-state index contributed by atoms with van der Waals surface area (Å²) >= 11 is 5.70. The Kier molecular flexibility index (Phi) is 4.31. The van der Waals surface area contributed by atoms with Crippen LogP contribution < -0.4 is 5.32 Å². The summed E-state index contributed by atoms with van der Waals surface area (Å²) in [4.78, 5) is 25.9. The van der Waals surface area contributed by atoms with Crippen LogP contribution >= 0.6 is 11.6 Å². The summed E-state index contributed by atoms with van der Waals surface area (Å²) in [5, 5.41) is 19.3. The molecule has 10 heteroatoms. The number of halogens is 1. The van der Waals surface area contributed by atoms with Crippen LogP contribution in [0.25, 0.3) is 0 Å². The van der Waals surface area contributed by atoms with Crippen molar-refractivity contribution in [2.75, 3.05) is 5.32 Å². The van der Waals surface area contributed by atoms with Crippen LogP contribution in [-0.4, -0.2) is 41.5 Å². The molecule has 2 rings (SSSR count). The summed E-state index contributed by atoms with van der Waals surface area (Å²) in [6.07, 6.45) is 4.49. The van der Waals surface area contributed by atoms with Crippen molar-refractivity contribution in [2.45, 2.75) is 19.5 Å². The molecule has 9 nitrogen and oxygen atoms in total. The minimum Gasteiger partial charge on any atom is -0.480 e. The highest BCUT2D eigenvalue weighted by Gasteiger charge is 2.08. The first-order valence-electron chi connectivity index (χ1n) is 5.62. The number of aliphatic carboxylic acids is 1. The Morgan fingerprint density at radius 3 is 2.85 bits per heavy atom. The molecule has 0 radical (unpaired) electrons. The first kappa shape index (κ1) is 14.0. The minimum atomic E-state index is -1.04. The van der Waals surface area contributed by atoms with Gasteiger partial charge >= 0.3 is 5.97 Å². The van der Waals surface area contributed by atoms with Crippen molar-refractivity contribution >= 4 is 29.4 Å². The Balaban J connectivity index is 1.82. The van der Waals surface area contributed by atoms with Gasteiger partial charge in [-0.15, -0.1) is 5.10 Å². The number of hydrogen-bond donors (Lipinski definition) is 2. The number of carbonyl (C=O) groups is 2. The van der Waals surface area contributed by atoms with Crippen molar-refractivity contribution in [1.29, 1.82) is 0 Å². The molecule has 0 saturated carbocycles. The number of aromatic nitrogens is 5. The van der Waals surface area contributed by atoms with E-state index < -0.39 is 5.97 Å². The van der Waals surface area contributed by atoms with E-state index in [2.05, 4.69) is 20.5 Å². The van der Waals surface area contributed by atoms with Gasteiger partial charge in [-0.3, -0.25) is 19.6 Å². The van der Waals surface area contributed by atoms with Gasteiger partial charge in [0.15, 0.2) is 0 Å². The second-order valence-electron chi connectivity index (χ2n) is 3.88. The van der Waals surface area contributed by atoms with E-state index in [1.54, 1.807) is 10.9 Å². The molecule has 0 spiro atoms. The van der Waals surface area contributed by atoms with E-state index in [4.69, 9.17) is 16.7 Å². The molecule has 2 heterocycles. The summed E-state index contributed by atoms with van der Waals surface area (Å²) in [7, 11) is 0. The Morgan fingerprint density at radius 2 is 2.20 bits per heavy atom. The molecule has 0 bridgehead atoms. The number of carbonyl (C=O) groups excluding carboxylic acids is 1. The quantitative estimate of drug-likeness (QED) is 0.789. The van der Waals surface area contributed by atoms with Gasteiger partial charge in [-0.2, -0.15) is 5.10 Å². The topological polar surface area (TPSA) is 115 Å². The Morgan fingerprint density at radius 1 is 1.40 bits per heavy atom. The lowest BCUT2D eigenvalue weighted by molar-refractivity contribution is -0.137. The van der Waals surface area contributed by atoms with Gasteiger partial charge in [0.2, 0.25) is 11.9 Å². The lowest BCUT2D eigenvalue weighted by atomic mass is 10.4. The van der Waals surface area contributed by atoms with Crippen molar-refractivity contribution in [3.8, 4) is 0 Å². The maximum Gasteiger partial charge on any atom is 0.325 e. The normalized spacial score (nSPS) is 10.4. The fourth-order valence-electron chi connectivity index (χ4n) is 1.43. The molecule has 2 aromatic heterocycles. The maximum absolute atomic E-state index is 11.6. The van der Waals surface area contributed by atoms with Gasteiger partial charge in [-0.1, -0.05) is 11.6 Å². The van der Waals surface area contributed by atoms with E-state index in [0.717, 1.165) is 4.68 Å². The molecular weight excluding hydrogens is 288 g/mol. The summed E-state index contributed by atoms with van der Waals surface area (Å²) in [6, 6.07) is 0. The largest absolute Gasteiger partial charge is 0.480 e. The number of nitrogens with one attached hydrogen (secondary N) is 1. The number of anilines is 1. The van der Waals surface area contributed by atoms with E-state index >= 15 is 0 Å². The summed E-state index contributed by atoms with van der Waals surface area (Å²) in [5.74, 6) is -1.28. The molecule has 106 valence electrons. The van der Waals surface area contributed by atoms with Crippen LogP contribution in [0, 0.1) is 0 Å². The van der Waals surface area contributed by atoms with Crippen LogP contribution in [0.5, 0.6) is 0 Å². The van der Waals surface area contributed by atoms with Crippen LogP contribution in [0.15, 0.2) is 18.7 Å². The Labute approximate surface area is 118 Å². The number of amides is 1. The molecule has 0 aliphatic rings. The number of aryl methyl sites for hydroxylation is 1. The van der Waals surface area contributed by atoms with E-state index in [9.17, 15) is 9.59 Å². The maximum atomic E-state index is 11.6. The third-order valence-corrected chi connectivity index (χ3v) is 2.45. The molecule has 0 aliphatic carbocycles. The lowest BCUT2D eigenvalue weighted by Gasteiger charge is -2.01. The second-order valence-corrected chi connectivity index (χ2v) is 4.32. The molecule has 20 heavy (non-hydrogen) atoms. The van der Waals surface area contributed by atoms with E-state index in [0.29, 0.717) is 11.6 Å². The molecule has 0 fully saturated rings. The van der Waals surface area contributed by atoms with Crippen LogP contribution in [-0.2, 0) is 22.7 Å². The summed E-state index contributed by atoms with van der Waals surface area (Å²) in [5.41, 5.74) is 0. The molecular formula is C10H11ClN6O3. The average Bonchev–Trinajstić information content (AvgIpc) is 2.95. The van der Waals surface area contributed by atoms with Crippen LogP contribution in [0.4, 0.5) is 5.95 Å². The zero-order valence-electron chi connectivity index (χ0n) is 10.2. The number of nitrogens with zero attached hydrogens (tertiary/aromatic N) is 5. The molecule has 0 saturated heterocycles. The second kappa shape index (κ2) is 6.15. The van der Waals surface area contributed by atoms with Gasteiger partial charge in [0.05, 0.1) is 11.2 Å². The van der Waals surface area contributed by atoms with Gasteiger partial charge in [0.25, 0.3) is 0 Å². The Hall–Kier alpha value is -2.42. The first-order chi connectivity index (χ1) is 9.52. The van der Waals surface area contributed by atoms with E-state index in [1.165, 1.54) is 12.5 Å². The zero-order valence-corrected chi connectivity index (χ0v) is 11.0. The van der Waals surface area contributed by atoms with E-state index in [-0.39, 0.29) is 24.8 Å².